The molecule has 0 fully saturated rings. The molecule has 0 unspecified atom stereocenters. The molecular weight excluding hydrogens is 510 g/mol. The largest absolute Gasteiger partial charge is 0.254 e. The van der Waals surface area contributed by atoms with Gasteiger partial charge in [0, 0.05) is 22.4 Å². The van der Waals surface area contributed by atoms with Crippen LogP contribution in [-0.4, -0.2) is 9.97 Å². The minimum absolute atomic E-state index is 0.666. The summed E-state index contributed by atoms with van der Waals surface area (Å²) in [7, 11) is 0. The van der Waals surface area contributed by atoms with E-state index in [9.17, 15) is 5.26 Å². The minimum Gasteiger partial charge on any atom is -0.254 e. The molecule has 0 radical (unpaired) electrons. The zero-order chi connectivity index (χ0) is 28.0. The first-order valence-corrected chi connectivity index (χ1v) is 14.0. The summed E-state index contributed by atoms with van der Waals surface area (Å²) < 4.78 is 0. The molecular formula is C39H23N3. The lowest BCUT2D eigenvalue weighted by Gasteiger charge is -2.14. The first kappa shape index (κ1) is 24.0. The van der Waals surface area contributed by atoms with E-state index in [1.807, 2.05) is 42.6 Å². The van der Waals surface area contributed by atoms with Crippen LogP contribution in [0.4, 0.5) is 0 Å². The molecule has 0 aliphatic carbocycles. The standard InChI is InChI=1S/C39H23N3/c40-24-25-11-13-26(14-12-25)31-19-20-32(34-8-3-2-7-33(31)34)27-15-17-28(18-16-27)36-23-30-22-29-6-1-4-10-37(29)42-38(30)39-35(36)9-5-21-41-39/h1-23H. The normalized spacial score (nSPS) is 11.3. The molecule has 3 nitrogen and oxygen atoms in total. The maximum absolute atomic E-state index is 9.21. The summed E-state index contributed by atoms with van der Waals surface area (Å²) in [6.45, 7) is 0. The number of aromatic nitrogens is 2. The van der Waals surface area contributed by atoms with Crippen molar-refractivity contribution in [3.8, 4) is 39.4 Å². The van der Waals surface area contributed by atoms with Gasteiger partial charge in [0.2, 0.25) is 0 Å². The van der Waals surface area contributed by atoms with E-state index in [-0.39, 0.29) is 0 Å². The third kappa shape index (κ3) is 3.90. The average molecular weight is 534 g/mol. The van der Waals surface area contributed by atoms with Crippen LogP contribution in [0.15, 0.2) is 140 Å². The quantitative estimate of drug-likeness (QED) is 0.168. The molecule has 6 aromatic carbocycles. The van der Waals surface area contributed by atoms with Crippen molar-refractivity contribution in [1.29, 1.82) is 5.26 Å². The Hall–Kier alpha value is -5.85. The molecule has 0 amide bonds. The second kappa shape index (κ2) is 9.66. The van der Waals surface area contributed by atoms with Gasteiger partial charge in [-0.05, 0) is 80.6 Å². The van der Waals surface area contributed by atoms with Crippen molar-refractivity contribution in [3.63, 3.8) is 0 Å². The van der Waals surface area contributed by atoms with Crippen LogP contribution in [-0.2, 0) is 0 Å². The predicted molar refractivity (Wildman–Crippen MR) is 173 cm³/mol. The number of nitriles is 1. The van der Waals surface area contributed by atoms with Crippen molar-refractivity contribution in [3.05, 3.63) is 145 Å². The molecule has 3 heteroatoms. The van der Waals surface area contributed by atoms with Crippen molar-refractivity contribution in [2.24, 2.45) is 0 Å². The van der Waals surface area contributed by atoms with Crippen molar-refractivity contribution in [2.45, 2.75) is 0 Å². The third-order valence-corrected chi connectivity index (χ3v) is 8.13. The molecule has 42 heavy (non-hydrogen) atoms. The number of rotatable bonds is 3. The van der Waals surface area contributed by atoms with E-state index >= 15 is 0 Å². The van der Waals surface area contributed by atoms with Crippen molar-refractivity contribution < 1.29 is 0 Å². The Morgan fingerprint density at radius 2 is 1.07 bits per heavy atom. The summed E-state index contributed by atoms with van der Waals surface area (Å²) in [4.78, 5) is 9.75. The zero-order valence-corrected chi connectivity index (χ0v) is 22.6. The van der Waals surface area contributed by atoms with Gasteiger partial charge in [-0.25, -0.2) is 4.98 Å². The van der Waals surface area contributed by atoms with Gasteiger partial charge in [-0.2, -0.15) is 5.26 Å². The van der Waals surface area contributed by atoms with Gasteiger partial charge in [0.1, 0.15) is 0 Å². The predicted octanol–water partition coefficient (Wildman–Crippen LogP) is 9.96. The second-order valence-corrected chi connectivity index (χ2v) is 10.5. The first-order valence-electron chi connectivity index (χ1n) is 14.0. The zero-order valence-electron chi connectivity index (χ0n) is 22.6. The molecule has 0 aliphatic rings. The highest BCUT2D eigenvalue weighted by Crippen LogP contribution is 2.38. The topological polar surface area (TPSA) is 49.6 Å². The first-order chi connectivity index (χ1) is 20.8. The molecule has 8 rings (SSSR count). The summed E-state index contributed by atoms with van der Waals surface area (Å²) in [6.07, 6.45) is 1.85. The van der Waals surface area contributed by atoms with Gasteiger partial charge < -0.3 is 0 Å². The molecule has 0 aliphatic heterocycles. The summed E-state index contributed by atoms with van der Waals surface area (Å²) in [6, 6.07) is 48.6. The smallest absolute Gasteiger partial charge is 0.0991 e. The number of benzene rings is 6. The maximum atomic E-state index is 9.21. The van der Waals surface area contributed by atoms with Gasteiger partial charge in [0.25, 0.3) is 0 Å². The van der Waals surface area contributed by atoms with E-state index < -0.39 is 0 Å². The lowest BCUT2D eigenvalue weighted by atomic mass is 9.91. The monoisotopic (exact) mass is 533 g/mol. The van der Waals surface area contributed by atoms with Crippen LogP contribution in [0.25, 0.3) is 76.9 Å². The molecule has 0 saturated heterocycles. The Balaban J connectivity index is 1.25. The van der Waals surface area contributed by atoms with E-state index in [0.29, 0.717) is 5.56 Å². The Labute approximate surface area is 243 Å². The molecule has 2 aromatic heterocycles. The number of fused-ring (bicyclic) bond motifs is 5. The minimum atomic E-state index is 0.666. The van der Waals surface area contributed by atoms with Gasteiger partial charge in [-0.1, -0.05) is 97.1 Å². The Kier molecular flexibility index (Phi) is 5.52. The van der Waals surface area contributed by atoms with Crippen molar-refractivity contribution in [2.75, 3.05) is 0 Å². The van der Waals surface area contributed by atoms with Gasteiger partial charge in [0.15, 0.2) is 0 Å². The van der Waals surface area contributed by atoms with Crippen LogP contribution in [0.3, 0.4) is 0 Å². The SMILES string of the molecule is N#Cc1ccc(-c2ccc(-c3ccc(-c4cc5cc6ccccc6nc5c5ncccc45)cc3)c3ccccc23)cc1. The number of hydrogen-bond donors (Lipinski definition) is 0. The molecule has 0 saturated carbocycles. The van der Waals surface area contributed by atoms with Crippen LogP contribution >= 0.6 is 0 Å². The van der Waals surface area contributed by atoms with E-state index in [2.05, 4.69) is 103 Å². The fraction of sp³-hybridized carbons (Fsp3) is 0. The van der Waals surface area contributed by atoms with Crippen LogP contribution in [0.1, 0.15) is 5.56 Å². The van der Waals surface area contributed by atoms with E-state index in [1.165, 1.54) is 16.3 Å². The molecule has 8 aromatic rings. The molecule has 194 valence electrons. The summed E-state index contributed by atoms with van der Waals surface area (Å²) in [5.74, 6) is 0. The maximum Gasteiger partial charge on any atom is 0.0991 e. The molecule has 2 heterocycles. The van der Waals surface area contributed by atoms with E-state index in [4.69, 9.17) is 9.97 Å². The van der Waals surface area contributed by atoms with E-state index in [0.717, 1.165) is 60.5 Å². The fourth-order valence-electron chi connectivity index (χ4n) is 6.07. The number of pyridine rings is 2. The Morgan fingerprint density at radius 1 is 0.476 bits per heavy atom. The second-order valence-electron chi connectivity index (χ2n) is 10.5. The number of nitrogens with zero attached hydrogens (tertiary/aromatic N) is 3. The fourth-order valence-corrected chi connectivity index (χ4v) is 6.07. The summed E-state index contributed by atoms with van der Waals surface area (Å²) >= 11 is 0. The Morgan fingerprint density at radius 3 is 1.76 bits per heavy atom. The highest BCUT2D eigenvalue weighted by molar-refractivity contribution is 6.12. The van der Waals surface area contributed by atoms with E-state index in [1.54, 1.807) is 0 Å². The molecule has 0 bridgehead atoms. The number of hydrogen-bond acceptors (Lipinski definition) is 3. The lowest BCUT2D eigenvalue weighted by Crippen LogP contribution is -1.90. The highest BCUT2D eigenvalue weighted by Gasteiger charge is 2.13. The van der Waals surface area contributed by atoms with Gasteiger partial charge >= 0.3 is 0 Å². The number of para-hydroxylation sites is 1. The molecule has 0 spiro atoms. The van der Waals surface area contributed by atoms with Crippen LogP contribution in [0.2, 0.25) is 0 Å². The van der Waals surface area contributed by atoms with Gasteiger partial charge in [0.05, 0.1) is 28.2 Å². The third-order valence-electron chi connectivity index (χ3n) is 8.13. The van der Waals surface area contributed by atoms with Gasteiger partial charge in [-0.3, -0.25) is 4.98 Å². The molecule has 0 atom stereocenters. The van der Waals surface area contributed by atoms with Crippen molar-refractivity contribution in [1.82, 2.24) is 9.97 Å². The van der Waals surface area contributed by atoms with Crippen molar-refractivity contribution >= 4 is 43.5 Å². The molecule has 0 N–H and O–H groups in total. The summed E-state index contributed by atoms with van der Waals surface area (Å²) in [5.41, 5.74) is 10.4. The summed E-state index contributed by atoms with van der Waals surface area (Å²) in [5, 5.41) is 14.9. The van der Waals surface area contributed by atoms with Crippen LogP contribution in [0, 0.1) is 11.3 Å². The average Bonchev–Trinajstić information content (AvgIpc) is 3.07. The van der Waals surface area contributed by atoms with Crippen LogP contribution in [0.5, 0.6) is 0 Å². The highest BCUT2D eigenvalue weighted by atomic mass is 14.7. The Bertz CT molecular complexity index is 2350. The van der Waals surface area contributed by atoms with Crippen LogP contribution < -0.4 is 0 Å². The van der Waals surface area contributed by atoms with Gasteiger partial charge in [-0.15, -0.1) is 0 Å². The lowest BCUT2D eigenvalue weighted by molar-refractivity contribution is 1.40.